The van der Waals surface area contributed by atoms with Crippen molar-refractivity contribution in [3.05, 3.63) is 0 Å². The standard InChI is InChI=1S/C14H30O5Si.H4Si/c1-15-20(16-2,17-3)11-9-7-5-4-6-8-10-18-12-14-13-19-14;/h14H,4-13H2,1-3H3;1H4. The van der Waals surface area contributed by atoms with E-state index in [0.717, 1.165) is 38.7 Å². The number of ether oxygens (including phenoxy) is 2. The molecule has 0 aliphatic carbocycles. The summed E-state index contributed by atoms with van der Waals surface area (Å²) in [7, 11) is 2.68. The third kappa shape index (κ3) is 9.77. The predicted molar refractivity (Wildman–Crippen MR) is 91.2 cm³/mol. The van der Waals surface area contributed by atoms with Crippen molar-refractivity contribution in [2.45, 2.75) is 50.7 Å². The molecule has 0 N–H and O–H groups in total. The summed E-state index contributed by atoms with van der Waals surface area (Å²) in [5, 5.41) is 0. The van der Waals surface area contributed by atoms with Crippen molar-refractivity contribution in [2.24, 2.45) is 0 Å². The van der Waals surface area contributed by atoms with Gasteiger partial charge in [0.2, 0.25) is 0 Å². The summed E-state index contributed by atoms with van der Waals surface area (Å²) in [5.41, 5.74) is 0. The van der Waals surface area contributed by atoms with Crippen molar-refractivity contribution < 1.29 is 22.8 Å². The van der Waals surface area contributed by atoms with E-state index in [9.17, 15) is 0 Å². The lowest BCUT2D eigenvalue weighted by Crippen LogP contribution is -2.42. The minimum atomic E-state index is -2.34. The molecule has 128 valence electrons. The van der Waals surface area contributed by atoms with Gasteiger partial charge in [-0.05, 0) is 23.8 Å². The fourth-order valence-electron chi connectivity index (χ4n) is 2.19. The maximum atomic E-state index is 5.50. The Balaban J connectivity index is 0.00000400. The lowest BCUT2D eigenvalue weighted by Gasteiger charge is -2.24. The van der Waals surface area contributed by atoms with Crippen molar-refractivity contribution in [2.75, 3.05) is 41.2 Å². The van der Waals surface area contributed by atoms with Crippen LogP contribution in [-0.4, -0.2) is 67.0 Å². The average molecular weight is 339 g/mol. The van der Waals surface area contributed by atoms with Crippen LogP contribution in [0.3, 0.4) is 0 Å². The minimum absolute atomic E-state index is 0. The van der Waals surface area contributed by atoms with Crippen LogP contribution in [0.1, 0.15) is 38.5 Å². The van der Waals surface area contributed by atoms with Crippen molar-refractivity contribution >= 4 is 19.8 Å². The van der Waals surface area contributed by atoms with Gasteiger partial charge in [0.15, 0.2) is 0 Å². The summed E-state index contributed by atoms with van der Waals surface area (Å²) >= 11 is 0. The lowest BCUT2D eigenvalue weighted by molar-refractivity contribution is 0.113. The van der Waals surface area contributed by atoms with Crippen LogP contribution < -0.4 is 0 Å². The molecule has 1 aliphatic heterocycles. The van der Waals surface area contributed by atoms with E-state index in [1.165, 1.54) is 25.7 Å². The highest BCUT2D eigenvalue weighted by Crippen LogP contribution is 2.18. The number of hydrogen-bond acceptors (Lipinski definition) is 5. The molecule has 5 nitrogen and oxygen atoms in total. The second-order valence-electron chi connectivity index (χ2n) is 5.20. The number of hydrogen-bond donors (Lipinski definition) is 0. The molecule has 1 saturated heterocycles. The molecule has 0 saturated carbocycles. The van der Waals surface area contributed by atoms with E-state index >= 15 is 0 Å². The van der Waals surface area contributed by atoms with Gasteiger partial charge in [0.25, 0.3) is 0 Å². The zero-order valence-corrected chi connectivity index (χ0v) is 14.2. The van der Waals surface area contributed by atoms with E-state index in [1.807, 2.05) is 0 Å². The van der Waals surface area contributed by atoms with Crippen LogP contribution in [-0.2, 0) is 22.8 Å². The molecule has 7 heteroatoms. The van der Waals surface area contributed by atoms with Crippen LogP contribution in [0.25, 0.3) is 0 Å². The quantitative estimate of drug-likeness (QED) is 0.270. The first-order valence-electron chi connectivity index (χ1n) is 7.61. The van der Waals surface area contributed by atoms with Crippen LogP contribution in [0.5, 0.6) is 0 Å². The highest BCUT2D eigenvalue weighted by molar-refractivity contribution is 6.60. The largest absolute Gasteiger partial charge is 0.500 e. The van der Waals surface area contributed by atoms with Crippen LogP contribution in [0.15, 0.2) is 0 Å². The monoisotopic (exact) mass is 338 g/mol. The van der Waals surface area contributed by atoms with Gasteiger partial charge in [-0.25, -0.2) is 0 Å². The lowest BCUT2D eigenvalue weighted by atomic mass is 10.1. The number of epoxide rings is 1. The van der Waals surface area contributed by atoms with Gasteiger partial charge >= 0.3 is 8.80 Å². The topological polar surface area (TPSA) is 49.5 Å². The van der Waals surface area contributed by atoms with Gasteiger partial charge in [-0.3, -0.25) is 0 Å². The molecule has 0 spiro atoms. The second-order valence-corrected chi connectivity index (χ2v) is 8.29. The third-order valence-electron chi connectivity index (χ3n) is 3.66. The van der Waals surface area contributed by atoms with Crippen LogP contribution in [0.4, 0.5) is 0 Å². The van der Waals surface area contributed by atoms with Gasteiger partial charge in [-0.1, -0.05) is 25.7 Å². The Labute approximate surface area is 135 Å². The van der Waals surface area contributed by atoms with E-state index in [2.05, 4.69) is 0 Å². The fraction of sp³-hybridized carbons (Fsp3) is 1.00. The summed E-state index contributed by atoms with van der Waals surface area (Å²) in [6.07, 6.45) is 7.63. The van der Waals surface area contributed by atoms with Crippen molar-refractivity contribution in [3.63, 3.8) is 0 Å². The zero-order chi connectivity index (χ0) is 14.7. The van der Waals surface area contributed by atoms with E-state index in [4.69, 9.17) is 22.8 Å². The van der Waals surface area contributed by atoms with Gasteiger partial charge in [0.05, 0.1) is 13.2 Å². The number of rotatable bonds is 14. The maximum Gasteiger partial charge on any atom is 0.500 e. The molecule has 0 aromatic carbocycles. The molecule has 0 aromatic heterocycles. The normalized spacial score (nSPS) is 17.6. The summed E-state index contributed by atoms with van der Waals surface area (Å²) in [6, 6.07) is 0.904. The molecule has 1 unspecified atom stereocenters. The molecule has 0 radical (unpaired) electrons. The Hall–Kier alpha value is 0.234. The SMILES string of the molecule is CO[Si](CCCCCCCCOCC1CO1)(OC)OC.[SiH4]. The fourth-order valence-corrected chi connectivity index (χ4v) is 3.98. The minimum Gasteiger partial charge on any atom is -0.379 e. The van der Waals surface area contributed by atoms with E-state index < -0.39 is 8.80 Å². The molecular weight excluding hydrogens is 304 g/mol. The van der Waals surface area contributed by atoms with Gasteiger partial charge in [0, 0.05) is 34.0 Å². The molecular formula is C14H34O5Si2. The second kappa shape index (κ2) is 12.7. The number of unbranched alkanes of at least 4 members (excludes halogenated alkanes) is 5. The van der Waals surface area contributed by atoms with Crippen molar-refractivity contribution in [1.29, 1.82) is 0 Å². The first-order valence-corrected chi connectivity index (χ1v) is 9.54. The highest BCUT2D eigenvalue weighted by Gasteiger charge is 2.36. The third-order valence-corrected chi connectivity index (χ3v) is 6.49. The first kappa shape index (κ1) is 21.2. The van der Waals surface area contributed by atoms with Crippen LogP contribution >= 0.6 is 0 Å². The predicted octanol–water partition coefficient (Wildman–Crippen LogP) is 1.17. The molecule has 1 rings (SSSR count). The first-order chi connectivity index (χ1) is 9.76. The maximum absolute atomic E-state index is 5.50. The van der Waals surface area contributed by atoms with Gasteiger partial charge in [-0.15, -0.1) is 0 Å². The Kier molecular flexibility index (Phi) is 12.9. The molecule has 0 bridgehead atoms. The van der Waals surface area contributed by atoms with E-state index in [-0.39, 0.29) is 11.0 Å². The van der Waals surface area contributed by atoms with Gasteiger partial charge < -0.3 is 22.8 Å². The Morgan fingerprint density at radius 2 is 1.43 bits per heavy atom. The molecule has 0 amide bonds. The smallest absolute Gasteiger partial charge is 0.379 e. The van der Waals surface area contributed by atoms with E-state index in [0.29, 0.717) is 6.10 Å². The Bertz CT molecular complexity index is 227. The molecule has 1 atom stereocenters. The molecule has 1 heterocycles. The molecule has 21 heavy (non-hydrogen) atoms. The Morgan fingerprint density at radius 3 is 1.95 bits per heavy atom. The molecule has 0 aromatic rings. The summed E-state index contributed by atoms with van der Waals surface area (Å²) < 4.78 is 26.8. The van der Waals surface area contributed by atoms with Crippen LogP contribution in [0.2, 0.25) is 6.04 Å². The Morgan fingerprint density at radius 1 is 0.905 bits per heavy atom. The van der Waals surface area contributed by atoms with Gasteiger partial charge in [0.1, 0.15) is 6.10 Å². The molecule has 1 fully saturated rings. The highest BCUT2D eigenvalue weighted by atomic mass is 28.4. The summed E-state index contributed by atoms with van der Waals surface area (Å²) in [4.78, 5) is 0. The summed E-state index contributed by atoms with van der Waals surface area (Å²) in [5.74, 6) is 0. The van der Waals surface area contributed by atoms with Crippen molar-refractivity contribution in [3.8, 4) is 0 Å². The average Bonchev–Trinajstić information content (AvgIpc) is 3.30. The van der Waals surface area contributed by atoms with Gasteiger partial charge in [-0.2, -0.15) is 0 Å². The summed E-state index contributed by atoms with van der Waals surface area (Å²) in [6.45, 7) is 2.53. The zero-order valence-electron chi connectivity index (χ0n) is 13.2. The van der Waals surface area contributed by atoms with E-state index in [1.54, 1.807) is 21.3 Å². The molecule has 1 aliphatic rings. The van der Waals surface area contributed by atoms with Crippen molar-refractivity contribution in [1.82, 2.24) is 0 Å². The van der Waals surface area contributed by atoms with Crippen LogP contribution in [0, 0.1) is 0 Å².